The highest BCUT2D eigenvalue weighted by molar-refractivity contribution is 5.78. The van der Waals surface area contributed by atoms with Crippen LogP contribution in [0.4, 0.5) is 0 Å². The second-order valence-electron chi connectivity index (χ2n) is 4.14. The SMILES string of the molecule is CCC(CC)c1cccc(CC(C)=O)c1. The van der Waals surface area contributed by atoms with Gasteiger partial charge in [0.2, 0.25) is 0 Å². The summed E-state index contributed by atoms with van der Waals surface area (Å²) in [4.78, 5) is 11.0. The predicted molar refractivity (Wildman–Crippen MR) is 64.2 cm³/mol. The molecule has 1 heteroatoms. The summed E-state index contributed by atoms with van der Waals surface area (Å²) in [5, 5.41) is 0. The highest BCUT2D eigenvalue weighted by Crippen LogP contribution is 2.23. The summed E-state index contributed by atoms with van der Waals surface area (Å²) < 4.78 is 0. The molecule has 0 amide bonds. The van der Waals surface area contributed by atoms with E-state index in [1.54, 1.807) is 6.92 Å². The lowest BCUT2D eigenvalue weighted by atomic mass is 9.92. The van der Waals surface area contributed by atoms with Gasteiger partial charge in [0.1, 0.15) is 5.78 Å². The second-order valence-corrected chi connectivity index (χ2v) is 4.14. The van der Waals surface area contributed by atoms with Crippen LogP contribution < -0.4 is 0 Å². The van der Waals surface area contributed by atoms with Crippen LogP contribution in [0.3, 0.4) is 0 Å². The molecule has 1 nitrogen and oxygen atoms in total. The molecule has 1 aromatic carbocycles. The van der Waals surface area contributed by atoms with Gasteiger partial charge in [0, 0.05) is 6.42 Å². The first kappa shape index (κ1) is 12.0. The molecule has 0 fully saturated rings. The van der Waals surface area contributed by atoms with E-state index in [1.165, 1.54) is 18.4 Å². The molecule has 0 aliphatic heterocycles. The lowest BCUT2D eigenvalue weighted by Crippen LogP contribution is -2.00. The fourth-order valence-corrected chi connectivity index (χ4v) is 2.00. The van der Waals surface area contributed by atoms with Crippen molar-refractivity contribution in [1.82, 2.24) is 0 Å². The molecule has 0 radical (unpaired) electrons. The van der Waals surface area contributed by atoms with Crippen molar-refractivity contribution >= 4 is 5.78 Å². The van der Waals surface area contributed by atoms with Gasteiger partial charge in [-0.15, -0.1) is 0 Å². The third-order valence-corrected chi connectivity index (χ3v) is 2.86. The molecule has 0 aliphatic carbocycles. The first-order valence-electron chi connectivity index (χ1n) is 5.75. The minimum Gasteiger partial charge on any atom is -0.300 e. The molecule has 1 aromatic rings. The van der Waals surface area contributed by atoms with Gasteiger partial charge in [0.05, 0.1) is 0 Å². The van der Waals surface area contributed by atoms with E-state index in [4.69, 9.17) is 0 Å². The molecule has 0 aromatic heterocycles. The Labute approximate surface area is 92.5 Å². The molecule has 0 heterocycles. The number of rotatable bonds is 5. The fraction of sp³-hybridized carbons (Fsp3) is 0.500. The van der Waals surface area contributed by atoms with Crippen LogP contribution in [0.5, 0.6) is 0 Å². The van der Waals surface area contributed by atoms with Crippen molar-refractivity contribution in [1.29, 1.82) is 0 Å². The minimum atomic E-state index is 0.233. The van der Waals surface area contributed by atoms with E-state index in [9.17, 15) is 4.79 Å². The van der Waals surface area contributed by atoms with E-state index < -0.39 is 0 Å². The molecule has 0 aliphatic rings. The number of Topliss-reactive ketones (excluding diaryl/α,β-unsaturated/α-hetero) is 1. The maximum Gasteiger partial charge on any atom is 0.134 e. The topological polar surface area (TPSA) is 17.1 Å². The highest BCUT2D eigenvalue weighted by atomic mass is 16.1. The number of ketones is 1. The van der Waals surface area contributed by atoms with Crippen molar-refractivity contribution in [2.75, 3.05) is 0 Å². The van der Waals surface area contributed by atoms with Gasteiger partial charge < -0.3 is 0 Å². The quantitative estimate of drug-likeness (QED) is 0.714. The normalized spacial score (nSPS) is 10.7. The fourth-order valence-electron chi connectivity index (χ4n) is 2.00. The van der Waals surface area contributed by atoms with Crippen LogP contribution in [0.2, 0.25) is 0 Å². The molecular formula is C14H20O. The Bertz CT molecular complexity index is 324. The molecule has 0 atom stereocenters. The van der Waals surface area contributed by atoms with Crippen molar-refractivity contribution in [2.45, 2.75) is 46.0 Å². The van der Waals surface area contributed by atoms with E-state index in [-0.39, 0.29) is 5.78 Å². The molecule has 1 rings (SSSR count). The summed E-state index contributed by atoms with van der Waals surface area (Å²) in [5.41, 5.74) is 2.52. The summed E-state index contributed by atoms with van der Waals surface area (Å²) >= 11 is 0. The molecule has 0 saturated carbocycles. The average molecular weight is 204 g/mol. The highest BCUT2D eigenvalue weighted by Gasteiger charge is 2.07. The molecule has 0 saturated heterocycles. The first-order chi connectivity index (χ1) is 7.17. The lowest BCUT2D eigenvalue weighted by Gasteiger charge is -2.13. The number of hydrogen-bond acceptors (Lipinski definition) is 1. The van der Waals surface area contributed by atoms with Crippen molar-refractivity contribution in [3.8, 4) is 0 Å². The molecule has 82 valence electrons. The summed E-state index contributed by atoms with van der Waals surface area (Å²) in [7, 11) is 0. The van der Waals surface area contributed by atoms with E-state index in [0.29, 0.717) is 12.3 Å². The smallest absolute Gasteiger partial charge is 0.134 e. The number of carbonyl (C=O) groups excluding carboxylic acids is 1. The zero-order valence-electron chi connectivity index (χ0n) is 9.92. The summed E-state index contributed by atoms with van der Waals surface area (Å²) in [6.07, 6.45) is 2.90. The Hall–Kier alpha value is -1.11. The van der Waals surface area contributed by atoms with E-state index in [1.807, 2.05) is 6.07 Å². The second kappa shape index (κ2) is 5.69. The minimum absolute atomic E-state index is 0.233. The van der Waals surface area contributed by atoms with Crippen LogP contribution in [-0.2, 0) is 11.2 Å². The first-order valence-corrected chi connectivity index (χ1v) is 5.75. The monoisotopic (exact) mass is 204 g/mol. The van der Waals surface area contributed by atoms with Crippen LogP contribution >= 0.6 is 0 Å². The van der Waals surface area contributed by atoms with Crippen LogP contribution in [0.25, 0.3) is 0 Å². The van der Waals surface area contributed by atoms with Gasteiger partial charge in [-0.2, -0.15) is 0 Å². The van der Waals surface area contributed by atoms with E-state index in [0.717, 1.165) is 5.56 Å². The van der Waals surface area contributed by atoms with Crippen LogP contribution in [-0.4, -0.2) is 5.78 Å². The Kier molecular flexibility index (Phi) is 4.54. The van der Waals surface area contributed by atoms with E-state index >= 15 is 0 Å². The standard InChI is InChI=1S/C14H20O/c1-4-13(5-2)14-8-6-7-12(10-14)9-11(3)15/h6-8,10,13H,4-5,9H2,1-3H3. The van der Waals surface area contributed by atoms with E-state index in [2.05, 4.69) is 32.0 Å². The van der Waals surface area contributed by atoms with Crippen LogP contribution in [0.15, 0.2) is 24.3 Å². The molecule has 0 unspecified atom stereocenters. The van der Waals surface area contributed by atoms with Crippen LogP contribution in [0, 0.1) is 0 Å². The Morgan fingerprint density at radius 2 is 1.93 bits per heavy atom. The van der Waals surface area contributed by atoms with Crippen molar-refractivity contribution in [3.63, 3.8) is 0 Å². The lowest BCUT2D eigenvalue weighted by molar-refractivity contribution is -0.116. The van der Waals surface area contributed by atoms with Gasteiger partial charge >= 0.3 is 0 Å². The Balaban J connectivity index is 2.86. The number of benzene rings is 1. The summed E-state index contributed by atoms with van der Waals surface area (Å²) in [6.45, 7) is 6.07. The third-order valence-electron chi connectivity index (χ3n) is 2.86. The maximum absolute atomic E-state index is 11.0. The average Bonchev–Trinajstić information content (AvgIpc) is 2.19. The van der Waals surface area contributed by atoms with Crippen molar-refractivity contribution in [2.24, 2.45) is 0 Å². The maximum atomic E-state index is 11.0. The molecule has 0 N–H and O–H groups in total. The van der Waals surface area contributed by atoms with Crippen molar-refractivity contribution < 1.29 is 4.79 Å². The molecule has 15 heavy (non-hydrogen) atoms. The molecule has 0 spiro atoms. The van der Waals surface area contributed by atoms with Gasteiger partial charge in [-0.1, -0.05) is 38.1 Å². The van der Waals surface area contributed by atoms with Gasteiger partial charge in [-0.3, -0.25) is 4.79 Å². The Morgan fingerprint density at radius 1 is 1.27 bits per heavy atom. The number of hydrogen-bond donors (Lipinski definition) is 0. The zero-order chi connectivity index (χ0) is 11.3. The van der Waals surface area contributed by atoms with Gasteiger partial charge in [-0.25, -0.2) is 0 Å². The summed E-state index contributed by atoms with van der Waals surface area (Å²) in [6, 6.07) is 8.44. The third kappa shape index (κ3) is 3.50. The largest absolute Gasteiger partial charge is 0.300 e. The number of carbonyl (C=O) groups is 1. The molecule has 0 bridgehead atoms. The van der Waals surface area contributed by atoms with Crippen molar-refractivity contribution in [3.05, 3.63) is 35.4 Å². The summed E-state index contributed by atoms with van der Waals surface area (Å²) in [5.74, 6) is 0.869. The molecular weight excluding hydrogens is 184 g/mol. The van der Waals surface area contributed by atoms with Gasteiger partial charge in [-0.05, 0) is 36.8 Å². The van der Waals surface area contributed by atoms with Gasteiger partial charge in [0.25, 0.3) is 0 Å². The predicted octanol–water partition coefficient (Wildman–Crippen LogP) is 3.72. The van der Waals surface area contributed by atoms with Crippen LogP contribution in [0.1, 0.15) is 50.7 Å². The van der Waals surface area contributed by atoms with Gasteiger partial charge in [0.15, 0.2) is 0 Å². The Morgan fingerprint density at radius 3 is 2.47 bits per heavy atom. The zero-order valence-corrected chi connectivity index (χ0v) is 9.92.